The van der Waals surface area contributed by atoms with Gasteiger partial charge in [-0.25, -0.2) is 4.79 Å². The Morgan fingerprint density at radius 2 is 1.25 bits per heavy atom. The molecule has 0 aromatic rings. The van der Waals surface area contributed by atoms with Crippen molar-refractivity contribution in [3.8, 4) is 0 Å². The van der Waals surface area contributed by atoms with Crippen LogP contribution in [-0.2, 0) is 23.7 Å². The number of halogens is 1. The van der Waals surface area contributed by atoms with Crippen LogP contribution in [0.15, 0.2) is 0 Å². The van der Waals surface area contributed by atoms with Crippen LogP contribution in [-0.4, -0.2) is 88.4 Å². The minimum Gasteiger partial charge on any atom is -0.444 e. The molecule has 0 aliphatic carbocycles. The summed E-state index contributed by atoms with van der Waals surface area (Å²) in [6.45, 7) is 10.4. The Hall–Kier alpha value is -0.410. The maximum Gasteiger partial charge on any atom is 0.410 e. The van der Waals surface area contributed by atoms with Crippen molar-refractivity contribution in [3.63, 3.8) is 0 Å². The van der Waals surface area contributed by atoms with E-state index in [1.165, 1.54) is 4.90 Å². The lowest BCUT2D eigenvalue weighted by Crippen LogP contribution is -2.36. The lowest BCUT2D eigenvalue weighted by Gasteiger charge is -2.24. The molecule has 0 saturated heterocycles. The monoisotopic (exact) mass is 413 g/mol. The van der Waals surface area contributed by atoms with Gasteiger partial charge in [-0.15, -0.1) is 0 Å². The molecule has 8 heteroatoms. The average molecular weight is 414 g/mol. The summed E-state index contributed by atoms with van der Waals surface area (Å²) in [6, 6.07) is 0. The quantitative estimate of drug-likeness (QED) is 0.321. The molecule has 24 heavy (non-hydrogen) atoms. The summed E-state index contributed by atoms with van der Waals surface area (Å²) in [7, 11) is 1.69. The lowest BCUT2D eigenvalue weighted by atomic mass is 10.2. The van der Waals surface area contributed by atoms with Gasteiger partial charge in [-0.05, 0) is 20.8 Å². The Kier molecular flexibility index (Phi) is 14.6. The van der Waals surface area contributed by atoms with Gasteiger partial charge in [-0.3, -0.25) is 0 Å². The van der Waals surface area contributed by atoms with Gasteiger partial charge in [-0.1, -0.05) is 15.9 Å². The first-order chi connectivity index (χ1) is 11.4. The van der Waals surface area contributed by atoms with Crippen LogP contribution in [0.4, 0.5) is 4.79 Å². The molecule has 0 spiro atoms. The highest BCUT2D eigenvalue weighted by atomic mass is 79.9. The van der Waals surface area contributed by atoms with Gasteiger partial charge in [-0.2, -0.15) is 0 Å². The van der Waals surface area contributed by atoms with E-state index in [1.807, 2.05) is 20.8 Å². The third kappa shape index (κ3) is 16.4. The first-order valence-electron chi connectivity index (χ1n) is 8.18. The van der Waals surface area contributed by atoms with Gasteiger partial charge in [0.15, 0.2) is 0 Å². The third-order valence-electron chi connectivity index (χ3n) is 2.61. The van der Waals surface area contributed by atoms with Crippen molar-refractivity contribution >= 4 is 22.0 Å². The second-order valence-electron chi connectivity index (χ2n) is 6.04. The number of alkyl halides is 1. The van der Waals surface area contributed by atoms with E-state index in [4.69, 9.17) is 23.7 Å². The maximum atomic E-state index is 11.7. The molecule has 0 unspecified atom stereocenters. The second kappa shape index (κ2) is 14.9. The number of carbonyl (C=O) groups excluding carboxylic acids is 1. The van der Waals surface area contributed by atoms with Crippen LogP contribution >= 0.6 is 15.9 Å². The summed E-state index contributed by atoms with van der Waals surface area (Å²) >= 11 is 3.28. The molecule has 0 bridgehead atoms. The smallest absolute Gasteiger partial charge is 0.410 e. The molecule has 0 heterocycles. The molecule has 0 aromatic heterocycles. The lowest BCUT2D eigenvalue weighted by molar-refractivity contribution is -0.00447. The van der Waals surface area contributed by atoms with Crippen molar-refractivity contribution in [2.45, 2.75) is 26.4 Å². The standard InChI is InChI=1S/C16H32BrNO6/c1-16(2,3)24-15(19)18(4)6-8-21-10-12-23-14-13-22-11-9-20-7-5-17/h5-14H2,1-4H3. The molecule has 0 aliphatic rings. The number of hydrogen-bond donors (Lipinski definition) is 0. The van der Waals surface area contributed by atoms with Gasteiger partial charge in [0, 0.05) is 18.9 Å². The van der Waals surface area contributed by atoms with Crippen molar-refractivity contribution in [2.75, 3.05) is 71.8 Å². The van der Waals surface area contributed by atoms with Crippen LogP contribution < -0.4 is 0 Å². The van der Waals surface area contributed by atoms with Crippen molar-refractivity contribution in [3.05, 3.63) is 0 Å². The van der Waals surface area contributed by atoms with E-state index in [0.717, 1.165) is 5.33 Å². The van der Waals surface area contributed by atoms with Crippen LogP contribution in [0.2, 0.25) is 0 Å². The SMILES string of the molecule is CN(CCOCCOCCOCCOCCBr)C(=O)OC(C)(C)C. The summed E-state index contributed by atoms with van der Waals surface area (Å²) in [5.74, 6) is 0. The number of likely N-dealkylation sites (N-methyl/N-ethyl adjacent to an activating group) is 1. The number of nitrogens with zero attached hydrogens (tertiary/aromatic N) is 1. The van der Waals surface area contributed by atoms with Crippen LogP contribution in [0.5, 0.6) is 0 Å². The normalized spacial score (nSPS) is 11.5. The molecule has 0 N–H and O–H groups in total. The number of amides is 1. The van der Waals surface area contributed by atoms with Crippen molar-refractivity contribution in [1.29, 1.82) is 0 Å². The Bertz CT molecular complexity index is 311. The Labute approximate surface area is 154 Å². The zero-order chi connectivity index (χ0) is 18.3. The van der Waals surface area contributed by atoms with E-state index < -0.39 is 5.60 Å². The predicted octanol–water partition coefficient (Wildman–Crippen LogP) is 2.31. The summed E-state index contributed by atoms with van der Waals surface area (Å²) in [5.41, 5.74) is -0.484. The summed E-state index contributed by atoms with van der Waals surface area (Å²) in [4.78, 5) is 13.2. The molecule has 0 rings (SSSR count). The van der Waals surface area contributed by atoms with Crippen molar-refractivity contribution in [2.24, 2.45) is 0 Å². The van der Waals surface area contributed by atoms with E-state index in [0.29, 0.717) is 59.4 Å². The van der Waals surface area contributed by atoms with Gasteiger partial charge in [0.2, 0.25) is 0 Å². The minimum absolute atomic E-state index is 0.348. The Morgan fingerprint density at radius 1 is 0.833 bits per heavy atom. The number of hydrogen-bond acceptors (Lipinski definition) is 6. The first kappa shape index (κ1) is 23.6. The summed E-state index contributed by atoms with van der Waals surface area (Å²) in [5, 5.41) is 0.837. The van der Waals surface area contributed by atoms with Gasteiger partial charge >= 0.3 is 6.09 Å². The maximum absolute atomic E-state index is 11.7. The van der Waals surface area contributed by atoms with Crippen LogP contribution in [0, 0.1) is 0 Å². The molecule has 1 amide bonds. The predicted molar refractivity (Wildman–Crippen MR) is 95.9 cm³/mol. The minimum atomic E-state index is -0.484. The second-order valence-corrected chi connectivity index (χ2v) is 6.83. The van der Waals surface area contributed by atoms with Crippen LogP contribution in [0.1, 0.15) is 20.8 Å². The van der Waals surface area contributed by atoms with Crippen LogP contribution in [0.25, 0.3) is 0 Å². The highest BCUT2D eigenvalue weighted by molar-refractivity contribution is 9.09. The van der Waals surface area contributed by atoms with Gasteiger partial charge in [0.1, 0.15) is 5.60 Å². The number of carbonyl (C=O) groups is 1. The first-order valence-corrected chi connectivity index (χ1v) is 9.30. The molecular weight excluding hydrogens is 382 g/mol. The molecule has 144 valence electrons. The van der Waals surface area contributed by atoms with Gasteiger partial charge in [0.25, 0.3) is 0 Å². The van der Waals surface area contributed by atoms with E-state index in [2.05, 4.69) is 15.9 Å². The van der Waals surface area contributed by atoms with Crippen molar-refractivity contribution < 1.29 is 28.5 Å². The fourth-order valence-corrected chi connectivity index (χ4v) is 1.68. The number of rotatable bonds is 14. The zero-order valence-electron chi connectivity index (χ0n) is 15.3. The molecule has 0 fully saturated rings. The Morgan fingerprint density at radius 3 is 1.67 bits per heavy atom. The molecule has 0 saturated carbocycles. The summed E-state index contributed by atoms with van der Waals surface area (Å²) in [6.07, 6.45) is -0.348. The fourth-order valence-electron chi connectivity index (χ4n) is 1.45. The summed E-state index contributed by atoms with van der Waals surface area (Å²) < 4.78 is 26.6. The van der Waals surface area contributed by atoms with E-state index in [-0.39, 0.29) is 6.09 Å². The molecular formula is C16H32BrNO6. The van der Waals surface area contributed by atoms with E-state index in [1.54, 1.807) is 7.05 Å². The molecule has 0 aliphatic heterocycles. The third-order valence-corrected chi connectivity index (χ3v) is 2.94. The van der Waals surface area contributed by atoms with E-state index >= 15 is 0 Å². The molecule has 0 radical (unpaired) electrons. The Balaban J connectivity index is 3.32. The molecule has 0 atom stereocenters. The largest absolute Gasteiger partial charge is 0.444 e. The topological polar surface area (TPSA) is 66.5 Å². The van der Waals surface area contributed by atoms with Crippen molar-refractivity contribution in [1.82, 2.24) is 4.90 Å². The van der Waals surface area contributed by atoms with E-state index in [9.17, 15) is 4.79 Å². The number of ether oxygens (including phenoxy) is 5. The van der Waals surface area contributed by atoms with Gasteiger partial charge < -0.3 is 28.6 Å². The van der Waals surface area contributed by atoms with Crippen LogP contribution in [0.3, 0.4) is 0 Å². The van der Waals surface area contributed by atoms with Gasteiger partial charge in [0.05, 0.1) is 52.9 Å². The zero-order valence-corrected chi connectivity index (χ0v) is 16.9. The highest BCUT2D eigenvalue weighted by Gasteiger charge is 2.19. The molecule has 0 aromatic carbocycles. The molecule has 7 nitrogen and oxygen atoms in total. The average Bonchev–Trinajstić information content (AvgIpc) is 2.50. The highest BCUT2D eigenvalue weighted by Crippen LogP contribution is 2.08. The fraction of sp³-hybridized carbons (Fsp3) is 0.938.